The molecule has 2 rings (SSSR count). The molecule has 0 bridgehead atoms. The van der Waals surface area contributed by atoms with Crippen LogP contribution in [-0.4, -0.2) is 16.9 Å². The van der Waals surface area contributed by atoms with Crippen molar-refractivity contribution in [2.75, 3.05) is 12.4 Å². The Morgan fingerprint density at radius 3 is 2.67 bits per heavy atom. The average molecular weight is 352 g/mol. The highest BCUT2D eigenvalue weighted by atomic mass is 79.9. The van der Waals surface area contributed by atoms with Gasteiger partial charge in [0.2, 0.25) is 0 Å². The lowest BCUT2D eigenvalue weighted by molar-refractivity contribution is 0.412. The van der Waals surface area contributed by atoms with Gasteiger partial charge in [0, 0.05) is 29.6 Å². The fourth-order valence-electron chi connectivity index (χ4n) is 2.72. The van der Waals surface area contributed by atoms with Crippen LogP contribution in [0, 0.1) is 13.8 Å². The van der Waals surface area contributed by atoms with E-state index in [4.69, 9.17) is 4.74 Å². The molecule has 0 aliphatic heterocycles. The molecule has 2 aromatic rings. The molecule has 1 N–H and O–H groups in total. The Bertz CT molecular complexity index is 637. The van der Waals surface area contributed by atoms with Crippen LogP contribution in [0.4, 0.5) is 5.69 Å². The van der Waals surface area contributed by atoms with E-state index < -0.39 is 0 Å². The van der Waals surface area contributed by atoms with E-state index in [9.17, 15) is 0 Å². The molecule has 1 aromatic heterocycles. The van der Waals surface area contributed by atoms with E-state index in [1.54, 1.807) is 7.11 Å². The highest BCUT2D eigenvalue weighted by Gasteiger charge is 2.17. The van der Waals surface area contributed by atoms with Crippen molar-refractivity contribution < 1.29 is 4.74 Å². The maximum Gasteiger partial charge on any atom is 0.135 e. The summed E-state index contributed by atoms with van der Waals surface area (Å²) in [5.74, 6) is 0.824. The van der Waals surface area contributed by atoms with E-state index in [1.165, 1.54) is 11.3 Å². The smallest absolute Gasteiger partial charge is 0.135 e. The summed E-state index contributed by atoms with van der Waals surface area (Å²) in [5, 5.41) is 8.11. The van der Waals surface area contributed by atoms with E-state index >= 15 is 0 Å². The van der Waals surface area contributed by atoms with E-state index in [1.807, 2.05) is 22.9 Å². The maximum absolute atomic E-state index is 5.34. The summed E-state index contributed by atoms with van der Waals surface area (Å²) in [4.78, 5) is 0. The number of ether oxygens (including phenoxy) is 1. The molecule has 5 heteroatoms. The molecule has 114 valence electrons. The van der Waals surface area contributed by atoms with Gasteiger partial charge in [0.15, 0.2) is 0 Å². The number of hydrogen-bond donors (Lipinski definition) is 1. The van der Waals surface area contributed by atoms with E-state index in [0.29, 0.717) is 0 Å². The van der Waals surface area contributed by atoms with Gasteiger partial charge < -0.3 is 10.1 Å². The molecule has 0 aliphatic rings. The van der Waals surface area contributed by atoms with Crippen LogP contribution in [0.2, 0.25) is 0 Å². The first-order valence-corrected chi connectivity index (χ1v) is 7.91. The van der Waals surface area contributed by atoms with Crippen molar-refractivity contribution in [1.82, 2.24) is 9.78 Å². The summed E-state index contributed by atoms with van der Waals surface area (Å²) < 4.78 is 8.34. The molecule has 1 heterocycles. The number of benzene rings is 1. The second-order valence-electron chi connectivity index (χ2n) is 5.12. The zero-order valence-corrected chi connectivity index (χ0v) is 14.8. The van der Waals surface area contributed by atoms with Crippen LogP contribution < -0.4 is 10.1 Å². The van der Waals surface area contributed by atoms with Gasteiger partial charge in [-0.05, 0) is 55.8 Å². The van der Waals surface area contributed by atoms with Gasteiger partial charge in [0.1, 0.15) is 5.75 Å². The Morgan fingerprint density at radius 1 is 1.38 bits per heavy atom. The number of halogens is 1. The first-order valence-electron chi connectivity index (χ1n) is 7.11. The van der Waals surface area contributed by atoms with E-state index in [0.717, 1.165) is 28.1 Å². The maximum atomic E-state index is 5.34. The molecule has 4 nitrogen and oxygen atoms in total. The highest BCUT2D eigenvalue weighted by Crippen LogP contribution is 2.31. The van der Waals surface area contributed by atoms with Gasteiger partial charge in [0.05, 0.1) is 23.3 Å². The molecule has 0 saturated carbocycles. The van der Waals surface area contributed by atoms with Crippen LogP contribution in [0.15, 0.2) is 22.7 Å². The molecule has 1 atom stereocenters. The summed E-state index contributed by atoms with van der Waals surface area (Å²) in [6, 6.07) is 6.22. The number of anilines is 1. The first kappa shape index (κ1) is 15.9. The van der Waals surface area contributed by atoms with E-state index in [-0.39, 0.29) is 6.04 Å². The highest BCUT2D eigenvalue weighted by molar-refractivity contribution is 9.10. The van der Waals surface area contributed by atoms with Crippen LogP contribution >= 0.6 is 15.9 Å². The Hall–Kier alpha value is -1.49. The van der Waals surface area contributed by atoms with Gasteiger partial charge in [-0.15, -0.1) is 0 Å². The summed E-state index contributed by atoms with van der Waals surface area (Å²) in [7, 11) is 1.67. The van der Waals surface area contributed by atoms with Crippen LogP contribution in [0.3, 0.4) is 0 Å². The minimum absolute atomic E-state index is 0.191. The van der Waals surface area contributed by atoms with Gasteiger partial charge in [-0.3, -0.25) is 4.68 Å². The molecule has 0 fully saturated rings. The van der Waals surface area contributed by atoms with Gasteiger partial charge in [-0.2, -0.15) is 5.10 Å². The summed E-state index contributed by atoms with van der Waals surface area (Å²) >= 11 is 3.47. The molecule has 0 amide bonds. The largest absolute Gasteiger partial charge is 0.495 e. The average Bonchev–Trinajstić information content (AvgIpc) is 2.75. The van der Waals surface area contributed by atoms with Gasteiger partial charge in [0.25, 0.3) is 0 Å². The second kappa shape index (κ2) is 6.52. The molecule has 0 saturated heterocycles. The Labute approximate surface area is 134 Å². The number of hydrogen-bond acceptors (Lipinski definition) is 3. The normalized spacial score (nSPS) is 12.3. The quantitative estimate of drug-likeness (QED) is 0.863. The number of nitrogens with one attached hydrogen (secondary N) is 1. The standard InChI is InChI=1S/C16H22BrN3O/c1-6-20-12(4)16(11(3)19-20)10(2)18-13-7-8-14(17)15(9-13)21-5/h7-10,18H,6H2,1-5H3. The predicted octanol–water partition coefficient (Wildman–Crippen LogP) is 4.46. The topological polar surface area (TPSA) is 39.1 Å². The zero-order valence-electron chi connectivity index (χ0n) is 13.2. The van der Waals surface area contributed by atoms with E-state index in [2.05, 4.69) is 54.0 Å². The monoisotopic (exact) mass is 351 g/mol. The number of methoxy groups -OCH3 is 1. The lowest BCUT2D eigenvalue weighted by Crippen LogP contribution is -2.09. The molecular weight excluding hydrogens is 330 g/mol. The first-order chi connectivity index (χ1) is 9.97. The second-order valence-corrected chi connectivity index (χ2v) is 5.97. The predicted molar refractivity (Wildman–Crippen MR) is 90.1 cm³/mol. The molecule has 0 spiro atoms. The van der Waals surface area contributed by atoms with Gasteiger partial charge >= 0.3 is 0 Å². The number of rotatable bonds is 5. The Kier molecular flexibility index (Phi) is 4.93. The lowest BCUT2D eigenvalue weighted by atomic mass is 10.1. The Balaban J connectivity index is 2.26. The van der Waals surface area contributed by atoms with Crippen molar-refractivity contribution in [3.63, 3.8) is 0 Å². The number of aryl methyl sites for hydroxylation is 2. The minimum Gasteiger partial charge on any atom is -0.495 e. The lowest BCUT2D eigenvalue weighted by Gasteiger charge is -2.17. The van der Waals surface area contributed by atoms with Crippen molar-refractivity contribution >= 4 is 21.6 Å². The third-order valence-electron chi connectivity index (χ3n) is 3.70. The molecular formula is C16H22BrN3O. The van der Waals surface area contributed by atoms with Crippen molar-refractivity contribution in [2.24, 2.45) is 0 Å². The minimum atomic E-state index is 0.191. The van der Waals surface area contributed by atoms with Crippen molar-refractivity contribution in [1.29, 1.82) is 0 Å². The fraction of sp³-hybridized carbons (Fsp3) is 0.438. The molecule has 21 heavy (non-hydrogen) atoms. The molecule has 0 radical (unpaired) electrons. The van der Waals surface area contributed by atoms with Crippen molar-refractivity contribution in [3.05, 3.63) is 39.6 Å². The summed E-state index contributed by atoms with van der Waals surface area (Å²) in [6.45, 7) is 9.35. The van der Waals surface area contributed by atoms with Crippen LogP contribution in [0.1, 0.15) is 36.8 Å². The zero-order chi connectivity index (χ0) is 15.6. The Morgan fingerprint density at radius 2 is 2.10 bits per heavy atom. The van der Waals surface area contributed by atoms with Gasteiger partial charge in [-0.25, -0.2) is 0 Å². The molecule has 1 aromatic carbocycles. The third kappa shape index (κ3) is 3.23. The molecule has 1 unspecified atom stereocenters. The van der Waals surface area contributed by atoms with Crippen molar-refractivity contribution in [3.8, 4) is 5.75 Å². The fourth-order valence-corrected chi connectivity index (χ4v) is 3.13. The SMILES string of the molecule is CCn1nc(C)c(C(C)Nc2ccc(Br)c(OC)c2)c1C. The van der Waals surface area contributed by atoms with Gasteiger partial charge in [-0.1, -0.05) is 0 Å². The third-order valence-corrected chi connectivity index (χ3v) is 4.36. The molecule has 0 aliphatic carbocycles. The van der Waals surface area contributed by atoms with Crippen LogP contribution in [-0.2, 0) is 6.54 Å². The summed E-state index contributed by atoms with van der Waals surface area (Å²) in [6.07, 6.45) is 0. The summed E-state index contributed by atoms with van der Waals surface area (Å²) in [5.41, 5.74) is 4.60. The number of aromatic nitrogens is 2. The van der Waals surface area contributed by atoms with Crippen LogP contribution in [0.5, 0.6) is 5.75 Å². The number of nitrogens with zero attached hydrogens (tertiary/aromatic N) is 2. The van der Waals surface area contributed by atoms with Crippen molar-refractivity contribution in [2.45, 2.75) is 40.3 Å². The van der Waals surface area contributed by atoms with Crippen LogP contribution in [0.25, 0.3) is 0 Å².